The normalized spacial score (nSPS) is 28.2. The quantitative estimate of drug-likeness (QED) is 0.874. The molecule has 0 radical (unpaired) electrons. The number of benzene rings is 1. The molecule has 19 heavy (non-hydrogen) atoms. The Morgan fingerprint density at radius 3 is 2.47 bits per heavy atom. The first kappa shape index (κ1) is 14.4. The van der Waals surface area contributed by atoms with Crippen LogP contribution in [0.15, 0.2) is 24.3 Å². The van der Waals surface area contributed by atoms with Crippen LogP contribution in [0.4, 0.5) is 0 Å². The van der Waals surface area contributed by atoms with E-state index in [1.807, 2.05) is 31.2 Å². The highest BCUT2D eigenvalue weighted by Crippen LogP contribution is 2.39. The summed E-state index contributed by atoms with van der Waals surface area (Å²) < 4.78 is 6.07. The lowest BCUT2D eigenvalue weighted by Gasteiger charge is -2.40. The zero-order valence-corrected chi connectivity index (χ0v) is 12.5. The molecule has 3 atom stereocenters. The molecule has 1 N–H and O–H groups in total. The highest BCUT2D eigenvalue weighted by Gasteiger charge is 2.36. The lowest BCUT2D eigenvalue weighted by Crippen LogP contribution is -2.41. The van der Waals surface area contributed by atoms with Crippen molar-refractivity contribution in [3.05, 3.63) is 29.8 Å². The zero-order chi connectivity index (χ0) is 14.0. The summed E-state index contributed by atoms with van der Waals surface area (Å²) in [4.78, 5) is 0. The van der Waals surface area contributed by atoms with Gasteiger partial charge in [0.1, 0.15) is 11.9 Å². The fourth-order valence-corrected chi connectivity index (χ4v) is 2.88. The van der Waals surface area contributed by atoms with Crippen LogP contribution in [0.5, 0.6) is 5.75 Å². The third-order valence-corrected chi connectivity index (χ3v) is 4.35. The summed E-state index contributed by atoms with van der Waals surface area (Å²) in [5.74, 6) is 1.52. The molecule has 106 valence electrons. The summed E-state index contributed by atoms with van der Waals surface area (Å²) in [5.41, 5.74) is 1.42. The summed E-state index contributed by atoms with van der Waals surface area (Å²) in [6.07, 6.45) is 2.48. The lowest BCUT2D eigenvalue weighted by molar-refractivity contribution is -0.0300. The number of hydrogen-bond donors (Lipinski definition) is 1. The van der Waals surface area contributed by atoms with Crippen LogP contribution in [0.2, 0.25) is 0 Å². The Labute approximate surface area is 116 Å². The molecule has 0 heterocycles. The first-order valence-corrected chi connectivity index (χ1v) is 7.28. The van der Waals surface area contributed by atoms with Crippen LogP contribution in [0.1, 0.15) is 45.6 Å². The fraction of sp³-hybridized carbons (Fsp3) is 0.647. The molecule has 3 unspecified atom stereocenters. The zero-order valence-electron chi connectivity index (χ0n) is 12.5. The number of hydrogen-bond acceptors (Lipinski definition) is 2. The van der Waals surface area contributed by atoms with Crippen molar-refractivity contribution in [3.8, 4) is 5.75 Å². The van der Waals surface area contributed by atoms with Gasteiger partial charge in [-0.25, -0.2) is 0 Å². The van der Waals surface area contributed by atoms with Crippen molar-refractivity contribution >= 4 is 0 Å². The Bertz CT molecular complexity index is 420. The van der Waals surface area contributed by atoms with Gasteiger partial charge in [0.2, 0.25) is 0 Å². The van der Waals surface area contributed by atoms with Gasteiger partial charge in [-0.05, 0) is 49.1 Å². The van der Waals surface area contributed by atoms with Gasteiger partial charge in [0.15, 0.2) is 0 Å². The van der Waals surface area contributed by atoms with Gasteiger partial charge in [-0.15, -0.1) is 0 Å². The van der Waals surface area contributed by atoms with Crippen molar-refractivity contribution in [2.75, 3.05) is 0 Å². The van der Waals surface area contributed by atoms with Gasteiger partial charge in [0, 0.05) is 0 Å². The van der Waals surface area contributed by atoms with Crippen molar-refractivity contribution in [2.45, 2.75) is 59.2 Å². The molecular weight excluding hydrogens is 236 g/mol. The van der Waals surface area contributed by atoms with Gasteiger partial charge in [-0.2, -0.15) is 0 Å². The van der Waals surface area contributed by atoms with E-state index in [2.05, 4.69) is 20.8 Å². The molecule has 2 rings (SSSR count). The minimum atomic E-state index is -0.335. The summed E-state index contributed by atoms with van der Waals surface area (Å²) in [6, 6.07) is 8.03. The number of para-hydroxylation sites is 1. The van der Waals surface area contributed by atoms with Crippen LogP contribution in [0.3, 0.4) is 0 Å². The van der Waals surface area contributed by atoms with E-state index in [0.717, 1.165) is 30.6 Å². The third kappa shape index (κ3) is 3.50. The maximum absolute atomic E-state index is 10.2. The molecule has 1 saturated carbocycles. The summed E-state index contributed by atoms with van der Waals surface area (Å²) >= 11 is 0. The van der Waals surface area contributed by atoms with E-state index in [1.165, 1.54) is 0 Å². The highest BCUT2D eigenvalue weighted by molar-refractivity contribution is 5.32. The number of aliphatic hydroxyl groups is 1. The predicted molar refractivity (Wildman–Crippen MR) is 78.4 cm³/mol. The molecule has 0 aliphatic heterocycles. The second-order valence-corrected chi connectivity index (χ2v) is 6.87. The summed E-state index contributed by atoms with van der Waals surface area (Å²) in [7, 11) is 0. The fourth-order valence-electron chi connectivity index (χ4n) is 2.88. The molecule has 0 aromatic heterocycles. The summed E-state index contributed by atoms with van der Waals surface area (Å²) in [6.45, 7) is 8.88. The van der Waals surface area contributed by atoms with E-state index in [4.69, 9.17) is 4.74 Å². The smallest absolute Gasteiger partial charge is 0.125 e. The highest BCUT2D eigenvalue weighted by atomic mass is 16.5. The molecule has 0 bridgehead atoms. The minimum absolute atomic E-state index is 0.0703. The maximum atomic E-state index is 10.2. The van der Waals surface area contributed by atoms with E-state index in [-0.39, 0.29) is 17.6 Å². The van der Waals surface area contributed by atoms with Crippen molar-refractivity contribution in [1.29, 1.82) is 0 Å². The van der Waals surface area contributed by atoms with E-state index in [9.17, 15) is 5.11 Å². The molecule has 2 nitrogen and oxygen atoms in total. The third-order valence-electron chi connectivity index (χ3n) is 4.35. The van der Waals surface area contributed by atoms with Crippen LogP contribution < -0.4 is 4.74 Å². The van der Waals surface area contributed by atoms with E-state index in [1.54, 1.807) is 0 Å². The first-order valence-electron chi connectivity index (χ1n) is 7.28. The Morgan fingerprint density at radius 2 is 1.84 bits per heavy atom. The van der Waals surface area contributed by atoms with Gasteiger partial charge in [0.05, 0.1) is 6.10 Å². The molecular formula is C17H26O2. The van der Waals surface area contributed by atoms with Gasteiger partial charge in [-0.3, -0.25) is 0 Å². The van der Waals surface area contributed by atoms with E-state index < -0.39 is 0 Å². The lowest BCUT2D eigenvalue weighted by atomic mass is 9.71. The number of aliphatic hydroxyl groups excluding tert-OH is 1. The molecule has 1 fully saturated rings. The molecule has 0 amide bonds. The topological polar surface area (TPSA) is 29.5 Å². The van der Waals surface area contributed by atoms with Crippen molar-refractivity contribution < 1.29 is 9.84 Å². The number of rotatable bonds is 2. The van der Waals surface area contributed by atoms with E-state index in [0.29, 0.717) is 5.92 Å². The van der Waals surface area contributed by atoms with Crippen LogP contribution in [0.25, 0.3) is 0 Å². The van der Waals surface area contributed by atoms with Crippen LogP contribution >= 0.6 is 0 Å². The SMILES string of the molecule is Cc1ccccc1OC1CC(C(C)(C)C)CCC1O. The maximum Gasteiger partial charge on any atom is 0.125 e. The Kier molecular flexibility index (Phi) is 4.19. The molecule has 2 heteroatoms. The number of ether oxygens (including phenoxy) is 1. The monoisotopic (exact) mass is 262 g/mol. The van der Waals surface area contributed by atoms with Gasteiger partial charge in [-0.1, -0.05) is 39.0 Å². The Morgan fingerprint density at radius 1 is 1.16 bits per heavy atom. The van der Waals surface area contributed by atoms with Crippen LogP contribution in [-0.2, 0) is 0 Å². The van der Waals surface area contributed by atoms with Crippen molar-refractivity contribution in [2.24, 2.45) is 11.3 Å². The van der Waals surface area contributed by atoms with E-state index >= 15 is 0 Å². The Hall–Kier alpha value is -1.02. The van der Waals surface area contributed by atoms with Crippen LogP contribution in [0, 0.1) is 18.3 Å². The van der Waals surface area contributed by atoms with Gasteiger partial charge in [0.25, 0.3) is 0 Å². The van der Waals surface area contributed by atoms with Gasteiger partial charge >= 0.3 is 0 Å². The number of aryl methyl sites for hydroxylation is 1. The largest absolute Gasteiger partial charge is 0.487 e. The average Bonchev–Trinajstić information content (AvgIpc) is 2.33. The van der Waals surface area contributed by atoms with Gasteiger partial charge < -0.3 is 9.84 Å². The molecule has 1 aliphatic carbocycles. The molecule has 1 aliphatic rings. The second-order valence-electron chi connectivity index (χ2n) is 6.87. The predicted octanol–water partition coefficient (Wildman–Crippen LogP) is 3.95. The molecule has 0 saturated heterocycles. The minimum Gasteiger partial charge on any atom is -0.487 e. The van der Waals surface area contributed by atoms with Crippen molar-refractivity contribution in [1.82, 2.24) is 0 Å². The molecule has 1 aromatic carbocycles. The molecule has 1 aromatic rings. The molecule has 0 spiro atoms. The first-order chi connectivity index (χ1) is 8.88. The second kappa shape index (κ2) is 5.54. The van der Waals surface area contributed by atoms with Crippen molar-refractivity contribution in [3.63, 3.8) is 0 Å². The summed E-state index contributed by atoms with van der Waals surface area (Å²) in [5, 5.41) is 10.2. The average molecular weight is 262 g/mol. The standard InChI is InChI=1S/C17H26O2/c1-12-7-5-6-8-15(12)19-16-11-13(17(2,3)4)9-10-14(16)18/h5-8,13-14,16,18H,9-11H2,1-4H3. The van der Waals surface area contributed by atoms with Crippen LogP contribution in [-0.4, -0.2) is 17.3 Å². The Balaban J connectivity index is 2.08.